The normalized spacial score (nSPS) is 18.4. The molecule has 1 aromatic rings. The Morgan fingerprint density at radius 3 is 2.47 bits per heavy atom. The van der Waals surface area contributed by atoms with E-state index >= 15 is 0 Å². The highest BCUT2D eigenvalue weighted by Crippen LogP contribution is 2.36. The molecule has 1 aliphatic rings. The Morgan fingerprint density at radius 2 is 1.94 bits per heavy atom. The van der Waals surface area contributed by atoms with E-state index in [0.717, 1.165) is 5.92 Å². The van der Waals surface area contributed by atoms with Crippen molar-refractivity contribution in [3.05, 3.63) is 33.8 Å². The van der Waals surface area contributed by atoms with Crippen LogP contribution in [0.4, 0.5) is 0 Å². The highest BCUT2D eigenvalue weighted by Gasteiger charge is 2.20. The number of thioether (sulfide) groups is 1. The van der Waals surface area contributed by atoms with Crippen LogP contribution in [0.5, 0.6) is 0 Å². The minimum absolute atomic E-state index is 0.260. The molecule has 94 valence electrons. The average molecular weight is 314 g/mol. The average Bonchev–Trinajstić information content (AvgIpc) is 2.29. The van der Waals surface area contributed by atoms with Crippen LogP contribution < -0.4 is 5.73 Å². The lowest BCUT2D eigenvalue weighted by molar-refractivity contribution is 0.552. The molecule has 2 rings (SSSR count). The minimum atomic E-state index is -0.260. The summed E-state index contributed by atoms with van der Waals surface area (Å²) in [6.45, 7) is 4.09. The Labute approximate surface area is 117 Å². The SMILES string of the molecule is CC(C)(N)c1ccc(C2CCSCC2)c(Br)c1. The van der Waals surface area contributed by atoms with Gasteiger partial charge in [0.15, 0.2) is 0 Å². The first-order valence-corrected chi connectivity index (χ1v) is 8.10. The van der Waals surface area contributed by atoms with Gasteiger partial charge in [0.05, 0.1) is 0 Å². The van der Waals surface area contributed by atoms with Crippen LogP contribution >= 0.6 is 27.7 Å². The summed E-state index contributed by atoms with van der Waals surface area (Å²) in [4.78, 5) is 0. The molecule has 17 heavy (non-hydrogen) atoms. The molecule has 0 saturated carbocycles. The maximum atomic E-state index is 6.13. The zero-order chi connectivity index (χ0) is 12.5. The van der Waals surface area contributed by atoms with Gasteiger partial charge >= 0.3 is 0 Å². The second kappa shape index (κ2) is 5.33. The lowest BCUT2D eigenvalue weighted by Gasteiger charge is -2.25. The zero-order valence-electron chi connectivity index (χ0n) is 10.5. The Kier molecular flexibility index (Phi) is 4.22. The fourth-order valence-electron chi connectivity index (χ4n) is 2.27. The van der Waals surface area contributed by atoms with Crippen molar-refractivity contribution >= 4 is 27.7 Å². The molecular weight excluding hydrogens is 294 g/mol. The Balaban J connectivity index is 2.25. The number of nitrogens with two attached hydrogens (primary N) is 1. The number of rotatable bonds is 2. The molecule has 1 aliphatic heterocycles. The summed E-state index contributed by atoms with van der Waals surface area (Å²) in [6, 6.07) is 6.63. The predicted molar refractivity (Wildman–Crippen MR) is 80.7 cm³/mol. The zero-order valence-corrected chi connectivity index (χ0v) is 12.9. The molecule has 2 N–H and O–H groups in total. The van der Waals surface area contributed by atoms with E-state index in [1.807, 2.05) is 13.8 Å². The first-order chi connectivity index (χ1) is 7.98. The Bertz CT molecular complexity index is 392. The highest BCUT2D eigenvalue weighted by molar-refractivity contribution is 9.10. The molecule has 0 aliphatic carbocycles. The van der Waals surface area contributed by atoms with E-state index in [4.69, 9.17) is 5.73 Å². The number of halogens is 1. The van der Waals surface area contributed by atoms with Crippen LogP contribution in [0.2, 0.25) is 0 Å². The minimum Gasteiger partial charge on any atom is -0.322 e. The van der Waals surface area contributed by atoms with Crippen LogP contribution in [0, 0.1) is 0 Å². The van der Waals surface area contributed by atoms with Gasteiger partial charge in [0.25, 0.3) is 0 Å². The molecule has 0 spiro atoms. The van der Waals surface area contributed by atoms with Gasteiger partial charge in [0.1, 0.15) is 0 Å². The molecule has 0 aromatic heterocycles. The van der Waals surface area contributed by atoms with E-state index in [1.54, 1.807) is 0 Å². The summed E-state index contributed by atoms with van der Waals surface area (Å²) in [5.74, 6) is 3.31. The van der Waals surface area contributed by atoms with Crippen LogP contribution in [0.25, 0.3) is 0 Å². The lowest BCUT2D eigenvalue weighted by atomic mass is 9.89. The maximum Gasteiger partial charge on any atom is 0.0352 e. The molecule has 1 nitrogen and oxygen atoms in total. The van der Waals surface area contributed by atoms with Gasteiger partial charge < -0.3 is 5.73 Å². The van der Waals surface area contributed by atoms with E-state index in [9.17, 15) is 0 Å². The fourth-order valence-corrected chi connectivity index (χ4v) is 4.08. The monoisotopic (exact) mass is 313 g/mol. The van der Waals surface area contributed by atoms with Gasteiger partial charge in [0, 0.05) is 10.0 Å². The van der Waals surface area contributed by atoms with Crippen molar-refractivity contribution in [2.24, 2.45) is 5.73 Å². The van der Waals surface area contributed by atoms with Crippen LogP contribution in [-0.2, 0) is 5.54 Å². The molecule has 1 heterocycles. The molecule has 0 radical (unpaired) electrons. The quantitative estimate of drug-likeness (QED) is 0.883. The molecule has 0 bridgehead atoms. The third-order valence-electron chi connectivity index (χ3n) is 3.41. The van der Waals surface area contributed by atoms with Gasteiger partial charge in [-0.2, -0.15) is 11.8 Å². The van der Waals surface area contributed by atoms with E-state index in [-0.39, 0.29) is 5.54 Å². The van der Waals surface area contributed by atoms with E-state index in [0.29, 0.717) is 0 Å². The van der Waals surface area contributed by atoms with Gasteiger partial charge in [-0.3, -0.25) is 0 Å². The van der Waals surface area contributed by atoms with Gasteiger partial charge in [-0.05, 0) is 61.3 Å². The number of benzene rings is 1. The first kappa shape index (κ1) is 13.4. The fraction of sp³-hybridized carbons (Fsp3) is 0.571. The molecule has 0 unspecified atom stereocenters. The summed E-state index contributed by atoms with van der Waals surface area (Å²) in [5, 5.41) is 0. The van der Waals surface area contributed by atoms with Crippen LogP contribution in [-0.4, -0.2) is 11.5 Å². The second-order valence-electron chi connectivity index (χ2n) is 5.34. The van der Waals surface area contributed by atoms with Crippen molar-refractivity contribution in [2.45, 2.75) is 38.1 Å². The summed E-state index contributed by atoms with van der Waals surface area (Å²) in [6.07, 6.45) is 2.60. The molecular formula is C14H20BrNS. The number of hydrogen-bond acceptors (Lipinski definition) is 2. The predicted octanol–water partition coefficient (Wildman–Crippen LogP) is 4.25. The van der Waals surface area contributed by atoms with Crippen molar-refractivity contribution in [1.29, 1.82) is 0 Å². The van der Waals surface area contributed by atoms with Crippen molar-refractivity contribution in [3.63, 3.8) is 0 Å². The Morgan fingerprint density at radius 1 is 1.29 bits per heavy atom. The molecule has 0 atom stereocenters. The summed E-state index contributed by atoms with van der Waals surface area (Å²) in [7, 11) is 0. The topological polar surface area (TPSA) is 26.0 Å². The molecule has 0 amide bonds. The smallest absolute Gasteiger partial charge is 0.0352 e. The van der Waals surface area contributed by atoms with Crippen LogP contribution in [0.3, 0.4) is 0 Å². The van der Waals surface area contributed by atoms with Crippen molar-refractivity contribution < 1.29 is 0 Å². The second-order valence-corrected chi connectivity index (χ2v) is 7.42. The van der Waals surface area contributed by atoms with Crippen molar-refractivity contribution in [3.8, 4) is 0 Å². The van der Waals surface area contributed by atoms with E-state index in [2.05, 4.69) is 45.9 Å². The maximum absolute atomic E-state index is 6.13. The highest BCUT2D eigenvalue weighted by atomic mass is 79.9. The first-order valence-electron chi connectivity index (χ1n) is 6.15. The van der Waals surface area contributed by atoms with E-state index < -0.39 is 0 Å². The largest absolute Gasteiger partial charge is 0.322 e. The number of hydrogen-bond donors (Lipinski definition) is 1. The third kappa shape index (κ3) is 3.27. The van der Waals surface area contributed by atoms with Crippen molar-refractivity contribution in [1.82, 2.24) is 0 Å². The van der Waals surface area contributed by atoms with Gasteiger partial charge in [-0.25, -0.2) is 0 Å². The summed E-state index contributed by atoms with van der Waals surface area (Å²) in [5.41, 5.74) is 8.52. The van der Waals surface area contributed by atoms with E-state index in [1.165, 1.54) is 39.9 Å². The van der Waals surface area contributed by atoms with Gasteiger partial charge in [-0.15, -0.1) is 0 Å². The third-order valence-corrected chi connectivity index (χ3v) is 5.14. The molecule has 1 fully saturated rings. The standard InChI is InChI=1S/C14H20BrNS/c1-14(2,16)11-3-4-12(13(15)9-11)10-5-7-17-8-6-10/h3-4,9-10H,5-8,16H2,1-2H3. The summed E-state index contributed by atoms with van der Waals surface area (Å²) >= 11 is 5.78. The van der Waals surface area contributed by atoms with Crippen molar-refractivity contribution in [2.75, 3.05) is 11.5 Å². The molecule has 3 heteroatoms. The van der Waals surface area contributed by atoms with Crippen LogP contribution in [0.1, 0.15) is 43.7 Å². The molecule has 1 saturated heterocycles. The van der Waals surface area contributed by atoms with Gasteiger partial charge in [0.2, 0.25) is 0 Å². The summed E-state index contributed by atoms with van der Waals surface area (Å²) < 4.78 is 1.23. The van der Waals surface area contributed by atoms with Gasteiger partial charge in [-0.1, -0.05) is 28.1 Å². The Hall–Kier alpha value is 0.01000. The molecule has 1 aromatic carbocycles. The lowest BCUT2D eigenvalue weighted by Crippen LogP contribution is -2.28. The van der Waals surface area contributed by atoms with Crippen LogP contribution in [0.15, 0.2) is 22.7 Å².